The van der Waals surface area contributed by atoms with Gasteiger partial charge in [0, 0.05) is 38.3 Å². The standard InChI is InChI=1S/C30H32F3N7O5/c1-16-10-17(2)25(18(3)11-16)35-24-14-21-20-13-22(44-5)23(45-15-30(31,32)33)12-19(20)6-8-39(21)29(43)40(24)9-7-34-27(41)26-28(42)36-37-38(26)4/h10-14,42H,6-9,15H2,1-5H3,(H,34,41). The van der Waals surface area contributed by atoms with Gasteiger partial charge in [0.05, 0.1) is 18.5 Å². The van der Waals surface area contributed by atoms with Crippen LogP contribution >= 0.6 is 0 Å². The number of ether oxygens (including phenoxy) is 2. The van der Waals surface area contributed by atoms with Crippen LogP contribution in [0.4, 0.5) is 18.9 Å². The van der Waals surface area contributed by atoms with Crippen LogP contribution in [0.3, 0.4) is 0 Å². The van der Waals surface area contributed by atoms with Gasteiger partial charge in [-0.05, 0) is 56.0 Å². The number of hydrogen-bond acceptors (Lipinski definition) is 8. The minimum absolute atomic E-state index is 0.0153. The molecular formula is C30H32F3N7O5. The lowest BCUT2D eigenvalue weighted by atomic mass is 9.97. The van der Waals surface area contributed by atoms with E-state index in [2.05, 4.69) is 15.6 Å². The highest BCUT2D eigenvalue weighted by molar-refractivity contribution is 5.94. The summed E-state index contributed by atoms with van der Waals surface area (Å²) in [4.78, 5) is 31.6. The molecule has 2 aromatic heterocycles. The molecule has 0 fully saturated rings. The van der Waals surface area contributed by atoms with Gasteiger partial charge >= 0.3 is 11.9 Å². The molecule has 2 N–H and O–H groups in total. The molecule has 0 bridgehead atoms. The van der Waals surface area contributed by atoms with Crippen molar-refractivity contribution < 1.29 is 32.5 Å². The predicted molar refractivity (Wildman–Crippen MR) is 157 cm³/mol. The van der Waals surface area contributed by atoms with Crippen LogP contribution in [0.25, 0.3) is 11.3 Å². The number of nitrogens with zero attached hydrogens (tertiary/aromatic N) is 6. The van der Waals surface area contributed by atoms with E-state index in [4.69, 9.17) is 14.5 Å². The van der Waals surface area contributed by atoms with Crippen molar-refractivity contribution >= 4 is 11.6 Å². The molecule has 12 nitrogen and oxygen atoms in total. The lowest BCUT2D eigenvalue weighted by Gasteiger charge is -2.25. The van der Waals surface area contributed by atoms with E-state index in [0.717, 1.165) is 21.4 Å². The van der Waals surface area contributed by atoms with Crippen molar-refractivity contribution in [2.45, 2.75) is 46.5 Å². The minimum atomic E-state index is -4.52. The number of benzene rings is 2. The highest BCUT2D eigenvalue weighted by atomic mass is 19.4. The Hall–Kier alpha value is -5.08. The molecule has 0 aliphatic carbocycles. The maximum atomic E-state index is 14.0. The van der Waals surface area contributed by atoms with Crippen molar-refractivity contribution in [1.82, 2.24) is 29.4 Å². The summed E-state index contributed by atoms with van der Waals surface area (Å²) in [5.41, 5.74) is 5.13. The fraction of sp³-hybridized carbons (Fsp3) is 0.367. The number of fused-ring (bicyclic) bond motifs is 3. The van der Waals surface area contributed by atoms with E-state index in [-0.39, 0.29) is 36.8 Å². The molecule has 1 aliphatic heterocycles. The van der Waals surface area contributed by atoms with Crippen molar-refractivity contribution in [2.75, 3.05) is 20.3 Å². The second kappa shape index (κ2) is 12.1. The van der Waals surface area contributed by atoms with E-state index < -0.39 is 30.3 Å². The van der Waals surface area contributed by atoms with Gasteiger partial charge in [-0.15, -0.1) is 0 Å². The van der Waals surface area contributed by atoms with E-state index in [1.54, 1.807) is 16.7 Å². The van der Waals surface area contributed by atoms with Crippen LogP contribution in [-0.2, 0) is 26.6 Å². The van der Waals surface area contributed by atoms with Crippen molar-refractivity contribution in [3.63, 3.8) is 0 Å². The van der Waals surface area contributed by atoms with Crippen LogP contribution in [0, 0.1) is 20.8 Å². The number of aryl methyl sites for hydroxylation is 5. The Morgan fingerprint density at radius 2 is 1.82 bits per heavy atom. The normalized spacial score (nSPS) is 12.9. The fourth-order valence-electron chi connectivity index (χ4n) is 5.50. The zero-order valence-electron chi connectivity index (χ0n) is 25.3. The van der Waals surface area contributed by atoms with Crippen molar-refractivity contribution in [2.24, 2.45) is 12.0 Å². The molecule has 1 aliphatic rings. The molecule has 238 valence electrons. The van der Waals surface area contributed by atoms with E-state index in [9.17, 15) is 27.9 Å². The first-order valence-electron chi connectivity index (χ1n) is 14.0. The summed E-state index contributed by atoms with van der Waals surface area (Å²) < 4.78 is 53.2. The maximum Gasteiger partial charge on any atom is 0.422 e. The van der Waals surface area contributed by atoms with E-state index >= 15 is 0 Å². The number of carbonyl (C=O) groups excluding carboxylic acids is 1. The topological polar surface area (TPSA) is 138 Å². The van der Waals surface area contributed by atoms with Gasteiger partial charge in [0.1, 0.15) is 5.49 Å². The van der Waals surface area contributed by atoms with Crippen LogP contribution < -0.4 is 26.0 Å². The first-order valence-corrected chi connectivity index (χ1v) is 14.0. The number of aromatic nitrogens is 5. The van der Waals surface area contributed by atoms with Gasteiger partial charge < -0.3 is 19.9 Å². The molecule has 2 aromatic carbocycles. The quantitative estimate of drug-likeness (QED) is 0.306. The lowest BCUT2D eigenvalue weighted by Crippen LogP contribution is -2.44. The van der Waals surface area contributed by atoms with Crippen LogP contribution in [0.5, 0.6) is 17.4 Å². The van der Waals surface area contributed by atoms with Crippen LogP contribution in [0.1, 0.15) is 32.7 Å². The van der Waals surface area contributed by atoms with Gasteiger partial charge in [-0.3, -0.25) is 13.9 Å². The van der Waals surface area contributed by atoms with E-state index in [0.29, 0.717) is 34.4 Å². The summed E-state index contributed by atoms with van der Waals surface area (Å²) in [7, 11) is 2.80. The number of aromatic hydroxyl groups is 1. The molecule has 0 unspecified atom stereocenters. The summed E-state index contributed by atoms with van der Waals surface area (Å²) in [5, 5.41) is 19.7. The summed E-state index contributed by atoms with van der Waals surface area (Å²) >= 11 is 0. The van der Waals surface area contributed by atoms with Gasteiger partial charge in [-0.25, -0.2) is 14.5 Å². The van der Waals surface area contributed by atoms with E-state index in [1.807, 2.05) is 32.9 Å². The highest BCUT2D eigenvalue weighted by Crippen LogP contribution is 2.38. The van der Waals surface area contributed by atoms with Gasteiger partial charge in [0.25, 0.3) is 11.8 Å². The molecule has 5 rings (SSSR count). The first kappa shape index (κ1) is 31.3. The molecule has 0 radical (unpaired) electrons. The lowest BCUT2D eigenvalue weighted by molar-refractivity contribution is -0.153. The second-order valence-corrected chi connectivity index (χ2v) is 10.8. The van der Waals surface area contributed by atoms with Crippen molar-refractivity contribution in [1.29, 1.82) is 0 Å². The maximum absolute atomic E-state index is 14.0. The van der Waals surface area contributed by atoms with Gasteiger partial charge in [-0.1, -0.05) is 28.0 Å². The Morgan fingerprint density at radius 3 is 2.44 bits per heavy atom. The number of nitrogens with one attached hydrogen (secondary N) is 1. The molecule has 0 saturated heterocycles. The minimum Gasteiger partial charge on any atom is -0.493 e. The van der Waals surface area contributed by atoms with Crippen LogP contribution in [0.15, 0.2) is 40.1 Å². The van der Waals surface area contributed by atoms with Crippen molar-refractivity contribution in [3.8, 4) is 28.6 Å². The molecule has 0 spiro atoms. The highest BCUT2D eigenvalue weighted by Gasteiger charge is 2.30. The van der Waals surface area contributed by atoms with Crippen LogP contribution in [-0.4, -0.2) is 61.6 Å². The number of hydrogen-bond donors (Lipinski definition) is 2. The monoisotopic (exact) mass is 627 g/mol. The smallest absolute Gasteiger partial charge is 0.422 e. The number of carbonyl (C=O) groups is 1. The average Bonchev–Trinajstić information content (AvgIpc) is 3.31. The summed E-state index contributed by atoms with van der Waals surface area (Å²) in [6.07, 6.45) is -4.17. The number of halogens is 3. The molecule has 15 heteroatoms. The molecule has 4 aromatic rings. The summed E-state index contributed by atoms with van der Waals surface area (Å²) in [5.74, 6) is -1.09. The SMILES string of the molecule is COc1cc2c(cc1OCC(F)(F)F)CCn1c-2cc(=Nc2c(C)cc(C)cc2C)n(CCNC(=O)c2c(O)nnn2C)c1=O. The third-order valence-corrected chi connectivity index (χ3v) is 7.46. The van der Waals surface area contributed by atoms with Crippen LogP contribution in [0.2, 0.25) is 0 Å². The Labute approximate surface area is 255 Å². The molecular weight excluding hydrogens is 595 g/mol. The number of alkyl halides is 3. The second-order valence-electron chi connectivity index (χ2n) is 10.8. The number of rotatable bonds is 8. The zero-order valence-corrected chi connectivity index (χ0v) is 25.3. The Bertz CT molecular complexity index is 1880. The predicted octanol–water partition coefficient (Wildman–Crippen LogP) is 3.24. The summed E-state index contributed by atoms with van der Waals surface area (Å²) in [6, 6.07) is 8.79. The Balaban J connectivity index is 1.61. The largest absolute Gasteiger partial charge is 0.493 e. The van der Waals surface area contributed by atoms with Crippen molar-refractivity contribution in [3.05, 3.63) is 74.3 Å². The summed E-state index contributed by atoms with van der Waals surface area (Å²) in [6.45, 7) is 4.66. The fourth-order valence-corrected chi connectivity index (χ4v) is 5.50. The average molecular weight is 628 g/mol. The zero-order chi connectivity index (χ0) is 32.6. The Kier molecular flexibility index (Phi) is 8.45. The third kappa shape index (κ3) is 6.42. The molecule has 1 amide bonds. The molecule has 3 heterocycles. The first-order chi connectivity index (χ1) is 21.3. The molecule has 45 heavy (non-hydrogen) atoms. The molecule has 0 saturated carbocycles. The van der Waals surface area contributed by atoms with E-state index in [1.165, 1.54) is 24.8 Å². The Morgan fingerprint density at radius 1 is 1.11 bits per heavy atom. The van der Waals surface area contributed by atoms with Gasteiger partial charge in [0.2, 0.25) is 0 Å². The molecule has 0 atom stereocenters. The van der Waals surface area contributed by atoms with Gasteiger partial charge in [0.15, 0.2) is 23.8 Å². The number of methoxy groups -OCH3 is 1. The van der Waals surface area contributed by atoms with Gasteiger partial charge in [-0.2, -0.15) is 13.2 Å². The third-order valence-electron chi connectivity index (χ3n) is 7.46. The number of amides is 1.